The normalized spacial score (nSPS) is 9.58. The van der Waals surface area contributed by atoms with Gasteiger partial charge in [0.1, 0.15) is 0 Å². The number of ether oxygens (including phenoxy) is 2. The Balaban J connectivity index is 3.02. The van der Waals surface area contributed by atoms with Crippen LogP contribution in [0, 0.1) is 0 Å². The molecule has 66 valence electrons. The molecule has 0 bridgehead atoms. The molecule has 1 aromatic heterocycles. The summed E-state index contributed by atoms with van der Waals surface area (Å²) in [4.78, 5) is 7.98. The smallest absolute Gasteiger partial charge is 0.278 e. The van der Waals surface area contributed by atoms with E-state index in [9.17, 15) is 0 Å². The predicted molar refractivity (Wildman–Crippen MR) is 44.7 cm³/mol. The van der Waals surface area contributed by atoms with Crippen molar-refractivity contribution in [2.75, 3.05) is 14.2 Å². The predicted octanol–water partition coefficient (Wildman–Crippen LogP) is 1.23. The molecule has 0 aliphatic carbocycles. The van der Waals surface area contributed by atoms with E-state index in [2.05, 4.69) is 9.97 Å². The van der Waals surface area contributed by atoms with Crippen molar-refractivity contribution in [1.82, 2.24) is 9.97 Å². The quantitative estimate of drug-likeness (QED) is 0.670. The van der Waals surface area contributed by atoms with E-state index >= 15 is 0 Å². The molecule has 1 aromatic rings. The Morgan fingerprint density at radius 1 is 1.33 bits per heavy atom. The van der Waals surface area contributed by atoms with Crippen molar-refractivity contribution in [3.63, 3.8) is 0 Å². The van der Waals surface area contributed by atoms with Crippen LogP contribution in [0.4, 0.5) is 0 Å². The van der Waals surface area contributed by atoms with E-state index in [0.29, 0.717) is 23.3 Å². The van der Waals surface area contributed by atoms with Crippen molar-refractivity contribution in [2.45, 2.75) is 5.88 Å². The van der Waals surface area contributed by atoms with E-state index in [1.165, 1.54) is 14.2 Å². The van der Waals surface area contributed by atoms with Crippen LogP contribution in [0.1, 0.15) is 5.69 Å². The second kappa shape index (κ2) is 4.11. The summed E-state index contributed by atoms with van der Waals surface area (Å²) in [7, 11) is 3.01. The molecule has 1 rings (SSSR count). The third kappa shape index (κ3) is 1.76. The van der Waals surface area contributed by atoms with E-state index < -0.39 is 0 Å². The van der Waals surface area contributed by atoms with Gasteiger partial charge >= 0.3 is 0 Å². The minimum Gasteiger partial charge on any atom is -0.477 e. The van der Waals surface area contributed by atoms with E-state index in [1.807, 2.05) is 0 Å². The summed E-state index contributed by atoms with van der Waals surface area (Å²) >= 11 is 5.55. The van der Waals surface area contributed by atoms with Gasteiger partial charge in [0.05, 0.1) is 32.0 Å². The Morgan fingerprint density at radius 3 is 2.50 bits per heavy atom. The van der Waals surface area contributed by atoms with Crippen LogP contribution >= 0.6 is 11.6 Å². The number of nitrogens with zero attached hydrogens (tertiary/aromatic N) is 2. The lowest BCUT2D eigenvalue weighted by atomic mass is 10.5. The number of hydrogen-bond acceptors (Lipinski definition) is 4. The van der Waals surface area contributed by atoms with Gasteiger partial charge < -0.3 is 9.47 Å². The van der Waals surface area contributed by atoms with Crippen LogP contribution in [0.5, 0.6) is 11.8 Å². The van der Waals surface area contributed by atoms with Crippen molar-refractivity contribution in [1.29, 1.82) is 0 Å². The van der Waals surface area contributed by atoms with Gasteiger partial charge in [-0.2, -0.15) is 0 Å². The van der Waals surface area contributed by atoms with Crippen LogP contribution in [0.2, 0.25) is 0 Å². The van der Waals surface area contributed by atoms with Gasteiger partial charge in [-0.15, -0.1) is 11.6 Å². The molecule has 0 N–H and O–H groups in total. The third-order valence-electron chi connectivity index (χ3n) is 1.28. The summed E-state index contributed by atoms with van der Waals surface area (Å²) in [6, 6.07) is 0. The van der Waals surface area contributed by atoms with E-state index in [1.54, 1.807) is 6.20 Å². The summed E-state index contributed by atoms with van der Waals surface area (Å²) < 4.78 is 9.82. The monoisotopic (exact) mass is 188 g/mol. The van der Waals surface area contributed by atoms with Gasteiger partial charge in [0.15, 0.2) is 0 Å². The zero-order valence-electron chi connectivity index (χ0n) is 6.87. The molecular weight excluding hydrogens is 180 g/mol. The lowest BCUT2D eigenvalue weighted by molar-refractivity contribution is 0.330. The van der Waals surface area contributed by atoms with E-state index in [4.69, 9.17) is 21.1 Å². The first kappa shape index (κ1) is 9.06. The molecule has 0 saturated heterocycles. The van der Waals surface area contributed by atoms with E-state index in [0.717, 1.165) is 0 Å². The number of methoxy groups -OCH3 is 2. The van der Waals surface area contributed by atoms with Crippen molar-refractivity contribution in [3.8, 4) is 11.8 Å². The number of rotatable bonds is 3. The summed E-state index contributed by atoms with van der Waals surface area (Å²) in [5, 5.41) is 0. The Kier molecular flexibility index (Phi) is 3.10. The van der Waals surface area contributed by atoms with Gasteiger partial charge in [-0.3, -0.25) is 0 Å². The highest BCUT2D eigenvalue weighted by Gasteiger charge is 2.06. The lowest BCUT2D eigenvalue weighted by Crippen LogP contribution is -1.98. The largest absolute Gasteiger partial charge is 0.477 e. The van der Waals surface area contributed by atoms with Gasteiger partial charge in [-0.05, 0) is 0 Å². The Labute approximate surface area is 75.5 Å². The van der Waals surface area contributed by atoms with Crippen molar-refractivity contribution in [3.05, 3.63) is 11.9 Å². The molecule has 0 amide bonds. The maximum Gasteiger partial charge on any atom is 0.278 e. The standard InChI is InChI=1S/C7H9ClN2O2/c1-11-6-7(12-2)10-5(3-8)4-9-6/h4H,3H2,1-2H3. The van der Waals surface area contributed by atoms with Crippen molar-refractivity contribution >= 4 is 11.6 Å². The Morgan fingerprint density at radius 2 is 2.00 bits per heavy atom. The molecule has 0 aromatic carbocycles. The zero-order valence-corrected chi connectivity index (χ0v) is 7.63. The number of alkyl halides is 1. The molecular formula is C7H9ClN2O2. The van der Waals surface area contributed by atoms with Gasteiger partial charge in [-0.25, -0.2) is 9.97 Å². The topological polar surface area (TPSA) is 44.2 Å². The maximum atomic E-state index is 5.55. The molecule has 1 heterocycles. The van der Waals surface area contributed by atoms with Crippen LogP contribution in [-0.4, -0.2) is 24.2 Å². The zero-order chi connectivity index (χ0) is 8.97. The molecule has 0 saturated carbocycles. The number of halogens is 1. The average Bonchev–Trinajstić information content (AvgIpc) is 2.16. The minimum absolute atomic E-state index is 0.313. The molecule has 0 atom stereocenters. The Bertz CT molecular complexity index is 268. The van der Waals surface area contributed by atoms with Gasteiger partial charge in [-0.1, -0.05) is 0 Å². The molecule has 0 radical (unpaired) electrons. The molecule has 4 nitrogen and oxygen atoms in total. The molecule has 0 aliphatic rings. The van der Waals surface area contributed by atoms with Gasteiger partial charge in [0.2, 0.25) is 0 Å². The maximum absolute atomic E-state index is 5.55. The first-order valence-electron chi connectivity index (χ1n) is 3.31. The van der Waals surface area contributed by atoms with Crippen molar-refractivity contribution < 1.29 is 9.47 Å². The fourth-order valence-corrected chi connectivity index (χ4v) is 0.862. The third-order valence-corrected chi connectivity index (χ3v) is 1.56. The molecule has 12 heavy (non-hydrogen) atoms. The molecule has 5 heteroatoms. The SMILES string of the molecule is COc1ncc(CCl)nc1OC. The first-order chi connectivity index (χ1) is 5.81. The van der Waals surface area contributed by atoms with Crippen LogP contribution < -0.4 is 9.47 Å². The van der Waals surface area contributed by atoms with Gasteiger partial charge in [0, 0.05) is 0 Å². The second-order valence-corrected chi connectivity index (χ2v) is 2.28. The van der Waals surface area contributed by atoms with Crippen molar-refractivity contribution in [2.24, 2.45) is 0 Å². The van der Waals surface area contributed by atoms with Crippen LogP contribution in [0.15, 0.2) is 6.20 Å². The van der Waals surface area contributed by atoms with Crippen LogP contribution in [0.3, 0.4) is 0 Å². The molecule has 0 fully saturated rings. The van der Waals surface area contributed by atoms with Crippen LogP contribution in [0.25, 0.3) is 0 Å². The number of hydrogen-bond donors (Lipinski definition) is 0. The molecule has 0 spiro atoms. The summed E-state index contributed by atoms with van der Waals surface area (Å²) in [6.07, 6.45) is 1.55. The second-order valence-electron chi connectivity index (χ2n) is 2.01. The summed E-state index contributed by atoms with van der Waals surface area (Å²) in [5.41, 5.74) is 0.661. The Hall–Kier alpha value is -1.03. The van der Waals surface area contributed by atoms with E-state index in [-0.39, 0.29) is 0 Å². The average molecular weight is 189 g/mol. The highest BCUT2D eigenvalue weighted by Crippen LogP contribution is 2.20. The van der Waals surface area contributed by atoms with Crippen LogP contribution in [-0.2, 0) is 5.88 Å². The fourth-order valence-electron chi connectivity index (χ4n) is 0.733. The summed E-state index contributed by atoms with van der Waals surface area (Å²) in [5.74, 6) is 1.04. The lowest BCUT2D eigenvalue weighted by Gasteiger charge is -2.04. The minimum atomic E-state index is 0.313. The molecule has 0 aliphatic heterocycles. The number of aromatic nitrogens is 2. The summed E-state index contributed by atoms with van der Waals surface area (Å²) in [6.45, 7) is 0. The fraction of sp³-hybridized carbons (Fsp3) is 0.429. The highest BCUT2D eigenvalue weighted by molar-refractivity contribution is 6.16. The highest BCUT2D eigenvalue weighted by atomic mass is 35.5. The molecule has 0 unspecified atom stereocenters. The first-order valence-corrected chi connectivity index (χ1v) is 3.85. The van der Waals surface area contributed by atoms with Gasteiger partial charge in [0.25, 0.3) is 11.8 Å².